The average Bonchev–Trinajstić information content (AvgIpc) is 2.25. The largest absolute Gasteiger partial charge is 0.392 e. The molecule has 0 aliphatic carbocycles. The van der Waals surface area contributed by atoms with Crippen LogP contribution in [-0.2, 0) is 0 Å². The van der Waals surface area contributed by atoms with E-state index in [-0.39, 0.29) is 12.3 Å². The number of hydrogen-bond acceptors (Lipinski definition) is 3. The van der Waals surface area contributed by atoms with E-state index in [4.69, 9.17) is 16.7 Å². The highest BCUT2D eigenvalue weighted by Gasteiger charge is 2.12. The van der Waals surface area contributed by atoms with Crippen molar-refractivity contribution in [3.63, 3.8) is 0 Å². The Hall–Kier alpha value is -1.39. The molecular weight excluding hydrogens is 230 g/mol. The van der Waals surface area contributed by atoms with Crippen molar-refractivity contribution in [2.75, 3.05) is 6.61 Å². The van der Waals surface area contributed by atoms with Crippen molar-refractivity contribution in [3.8, 4) is 0 Å². The van der Waals surface area contributed by atoms with Gasteiger partial charge in [0.2, 0.25) is 0 Å². The van der Waals surface area contributed by atoms with Crippen molar-refractivity contribution in [3.05, 3.63) is 44.5 Å². The van der Waals surface area contributed by atoms with Gasteiger partial charge in [0.25, 0.3) is 5.69 Å². The van der Waals surface area contributed by atoms with Crippen LogP contribution in [0.15, 0.2) is 23.8 Å². The first kappa shape index (κ1) is 12.7. The molecule has 5 heteroatoms. The van der Waals surface area contributed by atoms with E-state index in [1.807, 2.05) is 6.92 Å². The topological polar surface area (TPSA) is 63.4 Å². The molecule has 0 atom stereocenters. The monoisotopic (exact) mass is 241 g/mol. The van der Waals surface area contributed by atoms with Crippen LogP contribution in [0.4, 0.5) is 5.69 Å². The van der Waals surface area contributed by atoms with Gasteiger partial charge in [-0.05, 0) is 30.2 Å². The Kier molecular flexibility index (Phi) is 4.46. The van der Waals surface area contributed by atoms with Crippen LogP contribution in [0.3, 0.4) is 0 Å². The quantitative estimate of drug-likeness (QED) is 0.651. The van der Waals surface area contributed by atoms with Crippen molar-refractivity contribution in [2.45, 2.75) is 13.3 Å². The summed E-state index contributed by atoms with van der Waals surface area (Å²) in [5.74, 6) is 0. The number of nitro benzene ring substituents is 1. The minimum atomic E-state index is -0.465. The molecule has 0 aliphatic rings. The van der Waals surface area contributed by atoms with Crippen molar-refractivity contribution in [1.82, 2.24) is 0 Å². The normalized spacial score (nSPS) is 11.6. The first-order chi connectivity index (χ1) is 7.58. The Balaban J connectivity index is 3.24. The first-order valence-corrected chi connectivity index (χ1v) is 5.20. The molecule has 0 unspecified atom stereocenters. The van der Waals surface area contributed by atoms with E-state index in [0.29, 0.717) is 17.0 Å². The molecule has 0 saturated carbocycles. The van der Waals surface area contributed by atoms with Gasteiger partial charge in [0, 0.05) is 11.1 Å². The first-order valence-electron chi connectivity index (χ1n) is 4.82. The zero-order valence-corrected chi connectivity index (χ0v) is 9.57. The summed E-state index contributed by atoms with van der Waals surface area (Å²) in [6, 6.07) is 4.35. The Morgan fingerprint density at radius 2 is 2.31 bits per heavy atom. The number of halogens is 1. The van der Waals surface area contributed by atoms with Gasteiger partial charge >= 0.3 is 0 Å². The zero-order valence-electron chi connectivity index (χ0n) is 8.81. The highest BCUT2D eigenvalue weighted by atomic mass is 35.5. The summed E-state index contributed by atoms with van der Waals surface area (Å²) in [5, 5.41) is 20.2. The van der Waals surface area contributed by atoms with Crippen LogP contribution in [-0.4, -0.2) is 16.6 Å². The van der Waals surface area contributed by atoms with Crippen LogP contribution in [0.25, 0.3) is 6.08 Å². The predicted molar refractivity (Wildman–Crippen MR) is 63.5 cm³/mol. The third-order valence-electron chi connectivity index (χ3n) is 2.20. The van der Waals surface area contributed by atoms with E-state index in [2.05, 4.69) is 0 Å². The molecule has 0 spiro atoms. The molecule has 1 rings (SSSR count). The van der Waals surface area contributed by atoms with Crippen LogP contribution in [0, 0.1) is 10.1 Å². The number of aliphatic hydroxyl groups excluding tert-OH is 1. The fourth-order valence-corrected chi connectivity index (χ4v) is 1.47. The minimum absolute atomic E-state index is 0.0104. The molecule has 0 radical (unpaired) electrons. The maximum atomic E-state index is 10.8. The average molecular weight is 242 g/mol. The molecule has 0 aromatic heterocycles. The summed E-state index contributed by atoms with van der Waals surface area (Å²) in [5.41, 5.74) is 1.14. The molecular formula is C11H12ClNO3. The van der Waals surface area contributed by atoms with Gasteiger partial charge in [-0.15, -0.1) is 0 Å². The van der Waals surface area contributed by atoms with E-state index in [1.54, 1.807) is 6.08 Å². The summed E-state index contributed by atoms with van der Waals surface area (Å²) in [6.07, 6.45) is 2.24. The Labute approximate surface area is 98.3 Å². The number of rotatable bonds is 4. The second-order valence-electron chi connectivity index (χ2n) is 3.27. The van der Waals surface area contributed by atoms with E-state index >= 15 is 0 Å². The van der Waals surface area contributed by atoms with Gasteiger partial charge in [-0.3, -0.25) is 10.1 Å². The second kappa shape index (κ2) is 5.63. The maximum Gasteiger partial charge on any atom is 0.276 e. The molecule has 1 aromatic rings. The summed E-state index contributed by atoms with van der Waals surface area (Å²) in [6.45, 7) is 1.76. The molecule has 0 heterocycles. The van der Waals surface area contributed by atoms with Gasteiger partial charge in [-0.1, -0.05) is 18.5 Å². The predicted octanol–water partition coefficient (Wildman–Crippen LogP) is 3.03. The number of nitrogens with zero attached hydrogens (tertiary/aromatic N) is 1. The second-order valence-corrected chi connectivity index (χ2v) is 3.71. The van der Waals surface area contributed by atoms with Crippen LogP contribution in [0.1, 0.15) is 18.9 Å². The van der Waals surface area contributed by atoms with Crippen LogP contribution < -0.4 is 0 Å². The highest BCUT2D eigenvalue weighted by molar-refractivity contribution is 6.30. The van der Waals surface area contributed by atoms with Crippen molar-refractivity contribution in [1.29, 1.82) is 0 Å². The molecule has 0 amide bonds. The SMILES string of the molecule is CC/C(=C/c1cc(Cl)ccc1[N+](=O)[O-])CO. The van der Waals surface area contributed by atoms with Gasteiger partial charge in [0.05, 0.1) is 17.1 Å². The van der Waals surface area contributed by atoms with E-state index in [9.17, 15) is 10.1 Å². The number of benzene rings is 1. The Morgan fingerprint density at radius 3 is 2.81 bits per heavy atom. The zero-order chi connectivity index (χ0) is 12.1. The third kappa shape index (κ3) is 3.05. The lowest BCUT2D eigenvalue weighted by Gasteiger charge is -2.02. The molecule has 1 aromatic carbocycles. The van der Waals surface area contributed by atoms with Gasteiger partial charge in [0.1, 0.15) is 0 Å². The van der Waals surface area contributed by atoms with Crippen molar-refractivity contribution in [2.24, 2.45) is 0 Å². The Morgan fingerprint density at radius 1 is 1.62 bits per heavy atom. The summed E-state index contributed by atoms with van der Waals surface area (Å²) < 4.78 is 0. The van der Waals surface area contributed by atoms with E-state index in [0.717, 1.165) is 5.57 Å². The van der Waals surface area contributed by atoms with E-state index in [1.165, 1.54) is 18.2 Å². The fourth-order valence-electron chi connectivity index (χ4n) is 1.29. The summed E-state index contributed by atoms with van der Waals surface area (Å²) >= 11 is 5.78. The van der Waals surface area contributed by atoms with Gasteiger partial charge < -0.3 is 5.11 Å². The Bertz CT molecular complexity index is 423. The fraction of sp³-hybridized carbons (Fsp3) is 0.273. The highest BCUT2D eigenvalue weighted by Crippen LogP contribution is 2.25. The molecule has 0 saturated heterocycles. The molecule has 0 fully saturated rings. The maximum absolute atomic E-state index is 10.8. The minimum Gasteiger partial charge on any atom is -0.392 e. The van der Waals surface area contributed by atoms with Crippen LogP contribution in [0.5, 0.6) is 0 Å². The molecule has 16 heavy (non-hydrogen) atoms. The lowest BCUT2D eigenvalue weighted by atomic mass is 10.1. The smallest absolute Gasteiger partial charge is 0.276 e. The van der Waals surface area contributed by atoms with Crippen molar-refractivity contribution < 1.29 is 10.0 Å². The van der Waals surface area contributed by atoms with Crippen LogP contribution >= 0.6 is 11.6 Å². The number of aliphatic hydroxyl groups is 1. The van der Waals surface area contributed by atoms with Crippen molar-refractivity contribution >= 4 is 23.4 Å². The molecule has 0 aliphatic heterocycles. The number of nitro groups is 1. The molecule has 0 bridgehead atoms. The van der Waals surface area contributed by atoms with Gasteiger partial charge in [-0.2, -0.15) is 0 Å². The summed E-state index contributed by atoms with van der Waals surface area (Å²) in [4.78, 5) is 10.3. The lowest BCUT2D eigenvalue weighted by molar-refractivity contribution is -0.385. The molecule has 4 nitrogen and oxygen atoms in total. The van der Waals surface area contributed by atoms with Gasteiger partial charge in [0.15, 0.2) is 0 Å². The third-order valence-corrected chi connectivity index (χ3v) is 2.44. The summed E-state index contributed by atoms with van der Waals surface area (Å²) in [7, 11) is 0. The molecule has 1 N–H and O–H groups in total. The van der Waals surface area contributed by atoms with Crippen LogP contribution in [0.2, 0.25) is 5.02 Å². The van der Waals surface area contributed by atoms with Gasteiger partial charge in [-0.25, -0.2) is 0 Å². The van der Waals surface area contributed by atoms with E-state index < -0.39 is 4.92 Å². The molecule has 86 valence electrons. The number of hydrogen-bond donors (Lipinski definition) is 1. The standard InChI is InChI=1S/C11H12ClNO3/c1-2-8(7-14)5-9-6-10(12)3-4-11(9)13(15)16/h3-6,14H,2,7H2,1H3/b8-5-. The lowest BCUT2D eigenvalue weighted by Crippen LogP contribution is -1.94.